The van der Waals surface area contributed by atoms with Crippen LogP contribution < -0.4 is 0 Å². The topological polar surface area (TPSA) is 32.7 Å². The van der Waals surface area contributed by atoms with Crippen molar-refractivity contribution in [3.8, 4) is 0 Å². The van der Waals surface area contributed by atoms with Crippen LogP contribution in [0.2, 0.25) is 0 Å². The molecule has 1 fully saturated rings. The molecule has 0 aromatic heterocycles. The normalized spacial score (nSPS) is 25.5. The number of aliphatic hydroxyl groups is 1. The van der Waals surface area contributed by atoms with Crippen LogP contribution in [0.15, 0.2) is 30.3 Å². The quantitative estimate of drug-likeness (QED) is 0.848. The van der Waals surface area contributed by atoms with E-state index in [9.17, 15) is 5.11 Å². The summed E-state index contributed by atoms with van der Waals surface area (Å²) in [7, 11) is 0. The zero-order valence-electron chi connectivity index (χ0n) is 12.2. The van der Waals surface area contributed by atoms with E-state index in [1.54, 1.807) is 13.8 Å². The Morgan fingerprint density at radius 3 is 2.63 bits per heavy atom. The smallest absolute Gasteiger partial charge is 0.160 e. The van der Waals surface area contributed by atoms with Crippen molar-refractivity contribution in [2.24, 2.45) is 0 Å². The Balaban J connectivity index is 1.97. The first-order valence-corrected chi connectivity index (χ1v) is 7.05. The number of piperidine rings is 1. The van der Waals surface area contributed by atoms with Crippen LogP contribution >= 0.6 is 0 Å². The van der Waals surface area contributed by atoms with Crippen LogP contribution in [0, 0.1) is 0 Å². The summed E-state index contributed by atoms with van der Waals surface area (Å²) in [5.74, 6) is -1.06. The van der Waals surface area contributed by atoms with Gasteiger partial charge in [-0.1, -0.05) is 30.3 Å². The first-order chi connectivity index (χ1) is 8.86. The SMILES string of the molecule is CC(C)(O)O[C@@]1(C)CCCN(Cc2ccccc2)C1. The van der Waals surface area contributed by atoms with Crippen LogP contribution in [0.25, 0.3) is 0 Å². The first-order valence-electron chi connectivity index (χ1n) is 7.05. The molecule has 1 N–H and O–H groups in total. The Morgan fingerprint density at radius 1 is 1.32 bits per heavy atom. The Hall–Kier alpha value is -0.900. The fraction of sp³-hybridized carbons (Fsp3) is 0.625. The van der Waals surface area contributed by atoms with Crippen molar-refractivity contribution in [1.82, 2.24) is 4.90 Å². The van der Waals surface area contributed by atoms with Gasteiger partial charge in [-0.15, -0.1) is 0 Å². The summed E-state index contributed by atoms with van der Waals surface area (Å²) in [6.07, 6.45) is 2.11. The third-order valence-corrected chi connectivity index (χ3v) is 3.48. The minimum absolute atomic E-state index is 0.259. The molecule has 0 radical (unpaired) electrons. The molecule has 0 aliphatic carbocycles. The molecular formula is C16H25NO2. The Bertz CT molecular complexity index is 399. The summed E-state index contributed by atoms with van der Waals surface area (Å²) in [6.45, 7) is 8.42. The summed E-state index contributed by atoms with van der Waals surface area (Å²) in [4.78, 5) is 2.41. The van der Waals surface area contributed by atoms with Gasteiger partial charge in [0.25, 0.3) is 0 Å². The second-order valence-electron chi connectivity index (χ2n) is 6.30. The van der Waals surface area contributed by atoms with Crippen LogP contribution in [0.4, 0.5) is 0 Å². The van der Waals surface area contributed by atoms with Crippen LogP contribution in [0.1, 0.15) is 39.2 Å². The lowest BCUT2D eigenvalue weighted by Gasteiger charge is -2.43. The van der Waals surface area contributed by atoms with Crippen LogP contribution in [-0.4, -0.2) is 34.5 Å². The molecule has 1 aromatic rings. The molecule has 0 bridgehead atoms. The molecule has 1 aromatic carbocycles. The van der Waals surface area contributed by atoms with Gasteiger partial charge in [0.15, 0.2) is 5.79 Å². The molecule has 1 aliphatic heterocycles. The molecule has 0 unspecified atom stereocenters. The molecule has 0 spiro atoms. The van der Waals surface area contributed by atoms with Crippen molar-refractivity contribution in [1.29, 1.82) is 0 Å². The zero-order valence-corrected chi connectivity index (χ0v) is 12.2. The van der Waals surface area contributed by atoms with Gasteiger partial charge in [-0.05, 0) is 45.7 Å². The molecule has 1 atom stereocenters. The van der Waals surface area contributed by atoms with Gasteiger partial charge in [0.2, 0.25) is 0 Å². The van der Waals surface area contributed by atoms with Crippen LogP contribution in [0.3, 0.4) is 0 Å². The van der Waals surface area contributed by atoms with Gasteiger partial charge in [0, 0.05) is 13.1 Å². The number of nitrogens with zero attached hydrogens (tertiary/aromatic N) is 1. The maximum Gasteiger partial charge on any atom is 0.160 e. The van der Waals surface area contributed by atoms with Crippen LogP contribution in [0.5, 0.6) is 0 Å². The van der Waals surface area contributed by atoms with E-state index in [0.29, 0.717) is 0 Å². The highest BCUT2D eigenvalue weighted by Gasteiger charge is 2.36. The summed E-state index contributed by atoms with van der Waals surface area (Å²) >= 11 is 0. The number of rotatable bonds is 4. The van der Waals surface area contributed by atoms with E-state index < -0.39 is 5.79 Å². The molecular weight excluding hydrogens is 238 g/mol. The highest BCUT2D eigenvalue weighted by Crippen LogP contribution is 2.29. The van der Waals surface area contributed by atoms with Gasteiger partial charge in [-0.2, -0.15) is 0 Å². The molecule has 1 aliphatic rings. The third-order valence-electron chi connectivity index (χ3n) is 3.48. The summed E-state index contributed by atoms with van der Waals surface area (Å²) in [6, 6.07) is 10.5. The second kappa shape index (κ2) is 5.61. The van der Waals surface area contributed by atoms with Gasteiger partial charge < -0.3 is 9.84 Å². The summed E-state index contributed by atoms with van der Waals surface area (Å²) in [5, 5.41) is 9.87. The summed E-state index contributed by atoms with van der Waals surface area (Å²) in [5.41, 5.74) is 1.07. The third kappa shape index (κ3) is 4.60. The van der Waals surface area contributed by atoms with E-state index in [4.69, 9.17) is 4.74 Å². The largest absolute Gasteiger partial charge is 0.366 e. The lowest BCUT2D eigenvalue weighted by atomic mass is 9.94. The lowest BCUT2D eigenvalue weighted by molar-refractivity contribution is -0.252. The fourth-order valence-corrected chi connectivity index (χ4v) is 2.97. The van der Waals surface area contributed by atoms with Crippen molar-refractivity contribution < 1.29 is 9.84 Å². The molecule has 1 saturated heterocycles. The molecule has 19 heavy (non-hydrogen) atoms. The Kier molecular flexibility index (Phi) is 4.29. The first kappa shape index (κ1) is 14.5. The predicted molar refractivity (Wildman–Crippen MR) is 76.7 cm³/mol. The number of hydrogen-bond acceptors (Lipinski definition) is 3. The Morgan fingerprint density at radius 2 is 2.00 bits per heavy atom. The van der Waals surface area contributed by atoms with Crippen molar-refractivity contribution in [2.45, 2.75) is 51.5 Å². The average Bonchev–Trinajstić information content (AvgIpc) is 2.27. The fourth-order valence-electron chi connectivity index (χ4n) is 2.97. The van der Waals surface area contributed by atoms with Gasteiger partial charge in [-0.3, -0.25) is 4.90 Å². The van der Waals surface area contributed by atoms with Gasteiger partial charge in [0.05, 0.1) is 5.60 Å². The molecule has 0 amide bonds. The number of benzene rings is 1. The van der Waals surface area contributed by atoms with E-state index in [2.05, 4.69) is 36.1 Å². The molecule has 106 valence electrons. The lowest BCUT2D eigenvalue weighted by Crippen LogP contribution is -2.51. The number of hydrogen-bond donors (Lipinski definition) is 1. The molecule has 3 nitrogen and oxygen atoms in total. The maximum atomic E-state index is 9.87. The highest BCUT2D eigenvalue weighted by atomic mass is 16.6. The maximum absolute atomic E-state index is 9.87. The highest BCUT2D eigenvalue weighted by molar-refractivity contribution is 5.14. The van der Waals surface area contributed by atoms with Gasteiger partial charge in [0.1, 0.15) is 0 Å². The molecule has 1 heterocycles. The standard InChI is InChI=1S/C16H25NO2/c1-15(2,18)19-16(3)10-7-11-17(13-16)12-14-8-5-4-6-9-14/h4-6,8-9,18H,7,10-13H2,1-3H3/t16-/m0/s1. The molecule has 3 heteroatoms. The minimum atomic E-state index is -1.06. The zero-order chi connectivity index (χ0) is 13.9. The van der Waals surface area contributed by atoms with Gasteiger partial charge >= 0.3 is 0 Å². The van der Waals surface area contributed by atoms with Crippen molar-refractivity contribution in [2.75, 3.05) is 13.1 Å². The van der Waals surface area contributed by atoms with Gasteiger partial charge in [-0.25, -0.2) is 0 Å². The number of likely N-dealkylation sites (tertiary alicyclic amines) is 1. The molecule has 2 rings (SSSR count). The van der Waals surface area contributed by atoms with E-state index in [1.165, 1.54) is 5.56 Å². The van der Waals surface area contributed by atoms with E-state index in [0.717, 1.165) is 32.5 Å². The van der Waals surface area contributed by atoms with Crippen molar-refractivity contribution in [3.63, 3.8) is 0 Å². The van der Waals surface area contributed by atoms with Crippen molar-refractivity contribution in [3.05, 3.63) is 35.9 Å². The van der Waals surface area contributed by atoms with E-state index >= 15 is 0 Å². The average molecular weight is 263 g/mol. The van der Waals surface area contributed by atoms with Crippen molar-refractivity contribution >= 4 is 0 Å². The van der Waals surface area contributed by atoms with E-state index in [1.807, 2.05) is 6.07 Å². The number of ether oxygens (including phenoxy) is 1. The Labute approximate surface area is 116 Å². The van der Waals surface area contributed by atoms with E-state index in [-0.39, 0.29) is 5.60 Å². The second-order valence-corrected chi connectivity index (χ2v) is 6.30. The summed E-state index contributed by atoms with van der Waals surface area (Å²) < 4.78 is 5.85. The van der Waals surface area contributed by atoms with Crippen LogP contribution in [-0.2, 0) is 11.3 Å². The minimum Gasteiger partial charge on any atom is -0.366 e. The molecule has 0 saturated carbocycles. The predicted octanol–water partition coefficient (Wildman–Crippen LogP) is 2.79. The monoisotopic (exact) mass is 263 g/mol.